The summed E-state index contributed by atoms with van der Waals surface area (Å²) in [5.41, 5.74) is -0.794. The van der Waals surface area contributed by atoms with Crippen molar-refractivity contribution in [3.05, 3.63) is 29.8 Å². The number of rotatable bonds is 4. The first-order valence-electron chi connectivity index (χ1n) is 7.17. The van der Waals surface area contributed by atoms with E-state index in [2.05, 4.69) is 10.6 Å². The molecular formula is C15H19F3N2O2. The Bertz CT molecular complexity index is 520. The molecule has 2 unspecified atom stereocenters. The molecule has 0 saturated carbocycles. The molecule has 1 aliphatic rings. The zero-order valence-corrected chi connectivity index (χ0v) is 12.2. The summed E-state index contributed by atoms with van der Waals surface area (Å²) >= 11 is 0. The smallest absolute Gasteiger partial charge is 0.416 e. The van der Waals surface area contributed by atoms with Gasteiger partial charge in [0, 0.05) is 12.1 Å². The zero-order valence-electron chi connectivity index (χ0n) is 12.2. The molecule has 0 radical (unpaired) electrons. The van der Waals surface area contributed by atoms with Crippen molar-refractivity contribution in [1.29, 1.82) is 0 Å². The van der Waals surface area contributed by atoms with Gasteiger partial charge >= 0.3 is 6.18 Å². The normalized spacial score (nSPS) is 22.2. The first-order chi connectivity index (χ1) is 10.3. The second kappa shape index (κ2) is 7.00. The van der Waals surface area contributed by atoms with Gasteiger partial charge in [-0.3, -0.25) is 4.79 Å². The van der Waals surface area contributed by atoms with Crippen molar-refractivity contribution in [2.75, 3.05) is 13.2 Å². The van der Waals surface area contributed by atoms with Gasteiger partial charge in [-0.25, -0.2) is 0 Å². The highest BCUT2D eigenvalue weighted by Gasteiger charge is 2.30. The van der Waals surface area contributed by atoms with E-state index in [1.807, 2.05) is 6.92 Å². The van der Waals surface area contributed by atoms with Gasteiger partial charge in [0.05, 0.1) is 5.56 Å². The predicted octanol–water partition coefficient (Wildman–Crippen LogP) is 2.34. The van der Waals surface area contributed by atoms with Crippen LogP contribution in [-0.2, 0) is 11.0 Å². The Morgan fingerprint density at radius 3 is 2.91 bits per heavy atom. The molecule has 0 aliphatic carbocycles. The van der Waals surface area contributed by atoms with Crippen LogP contribution in [-0.4, -0.2) is 31.1 Å². The molecule has 0 spiro atoms. The molecule has 2 atom stereocenters. The molecule has 1 aromatic rings. The number of carbonyl (C=O) groups is 1. The average Bonchev–Trinajstić information content (AvgIpc) is 2.45. The lowest BCUT2D eigenvalue weighted by atomic mass is 10.0. The molecular weight excluding hydrogens is 297 g/mol. The Balaban J connectivity index is 1.83. The Labute approximate surface area is 127 Å². The van der Waals surface area contributed by atoms with Crippen molar-refractivity contribution >= 4 is 5.91 Å². The molecule has 1 aliphatic heterocycles. The summed E-state index contributed by atoms with van der Waals surface area (Å²) in [5, 5.41) is 6.11. The van der Waals surface area contributed by atoms with Crippen molar-refractivity contribution in [1.82, 2.24) is 10.6 Å². The third-order valence-corrected chi connectivity index (χ3v) is 3.52. The second-order valence-electron chi connectivity index (χ2n) is 5.46. The van der Waals surface area contributed by atoms with Crippen molar-refractivity contribution in [2.24, 2.45) is 0 Å². The van der Waals surface area contributed by atoms with Crippen molar-refractivity contribution in [2.45, 2.75) is 38.0 Å². The maximum absolute atomic E-state index is 12.6. The van der Waals surface area contributed by atoms with Gasteiger partial charge in [0.25, 0.3) is 5.91 Å². The standard InChI is InChI=1S/C15H19F3N2O2/c1-10-7-12(5-6-19-10)20-14(21)9-22-13-4-2-3-11(8-13)15(16,17)18/h2-4,8,10,12,19H,5-7,9H2,1H3,(H,20,21). The van der Waals surface area contributed by atoms with Crippen LogP contribution in [0.15, 0.2) is 24.3 Å². The summed E-state index contributed by atoms with van der Waals surface area (Å²) in [7, 11) is 0. The van der Waals surface area contributed by atoms with E-state index in [4.69, 9.17) is 4.74 Å². The average molecular weight is 316 g/mol. The van der Waals surface area contributed by atoms with Crippen LogP contribution in [0, 0.1) is 0 Å². The Kier molecular flexibility index (Phi) is 5.28. The highest BCUT2D eigenvalue weighted by molar-refractivity contribution is 5.77. The van der Waals surface area contributed by atoms with E-state index in [1.165, 1.54) is 12.1 Å². The first-order valence-corrected chi connectivity index (χ1v) is 7.17. The number of ether oxygens (including phenoxy) is 1. The number of piperidine rings is 1. The van der Waals surface area contributed by atoms with Crippen molar-refractivity contribution in [3.8, 4) is 5.75 Å². The minimum atomic E-state index is -4.42. The van der Waals surface area contributed by atoms with Gasteiger partial charge in [0.2, 0.25) is 0 Å². The van der Waals surface area contributed by atoms with Gasteiger partial charge < -0.3 is 15.4 Å². The minimum Gasteiger partial charge on any atom is -0.484 e. The quantitative estimate of drug-likeness (QED) is 0.896. The topological polar surface area (TPSA) is 50.4 Å². The molecule has 22 heavy (non-hydrogen) atoms. The van der Waals surface area contributed by atoms with E-state index in [-0.39, 0.29) is 24.3 Å². The van der Waals surface area contributed by atoms with Crippen LogP contribution in [0.1, 0.15) is 25.3 Å². The summed E-state index contributed by atoms with van der Waals surface area (Å²) in [6.07, 6.45) is -2.76. The van der Waals surface area contributed by atoms with E-state index in [1.54, 1.807) is 0 Å². The van der Waals surface area contributed by atoms with Crippen LogP contribution in [0.25, 0.3) is 0 Å². The van der Waals surface area contributed by atoms with Crippen LogP contribution < -0.4 is 15.4 Å². The Hall–Kier alpha value is -1.76. The van der Waals surface area contributed by atoms with Crippen LogP contribution in [0.3, 0.4) is 0 Å². The first kappa shape index (κ1) is 16.6. The number of halogens is 3. The van der Waals surface area contributed by atoms with Gasteiger partial charge in [0.15, 0.2) is 6.61 Å². The molecule has 122 valence electrons. The molecule has 2 N–H and O–H groups in total. The number of hydrogen-bond donors (Lipinski definition) is 2. The van der Waals surface area contributed by atoms with Gasteiger partial charge in [-0.15, -0.1) is 0 Å². The third kappa shape index (κ3) is 4.91. The summed E-state index contributed by atoms with van der Waals surface area (Å²) in [5.74, 6) is -0.292. The van der Waals surface area contributed by atoms with Crippen LogP contribution >= 0.6 is 0 Å². The maximum Gasteiger partial charge on any atom is 0.416 e. The van der Waals surface area contributed by atoms with E-state index in [0.717, 1.165) is 31.5 Å². The number of alkyl halides is 3. The summed E-state index contributed by atoms with van der Waals surface area (Å²) in [6.45, 7) is 2.58. The SMILES string of the molecule is CC1CC(NC(=O)COc2cccc(C(F)(F)F)c2)CCN1. The largest absolute Gasteiger partial charge is 0.484 e. The molecule has 0 aromatic heterocycles. The van der Waals surface area contributed by atoms with Gasteiger partial charge in [-0.2, -0.15) is 13.2 Å². The highest BCUT2D eigenvalue weighted by atomic mass is 19.4. The number of amides is 1. The maximum atomic E-state index is 12.6. The highest BCUT2D eigenvalue weighted by Crippen LogP contribution is 2.31. The molecule has 1 saturated heterocycles. The number of nitrogens with one attached hydrogen (secondary N) is 2. The third-order valence-electron chi connectivity index (χ3n) is 3.52. The van der Waals surface area contributed by atoms with Gasteiger partial charge in [0.1, 0.15) is 5.75 Å². The fourth-order valence-electron chi connectivity index (χ4n) is 2.44. The van der Waals surface area contributed by atoms with Gasteiger partial charge in [-0.05, 0) is 44.5 Å². The number of benzene rings is 1. The van der Waals surface area contributed by atoms with E-state index >= 15 is 0 Å². The Morgan fingerprint density at radius 1 is 1.45 bits per heavy atom. The summed E-state index contributed by atoms with van der Waals surface area (Å²) in [4.78, 5) is 11.8. The van der Waals surface area contributed by atoms with Crippen LogP contribution in [0.5, 0.6) is 5.75 Å². The molecule has 1 heterocycles. The second-order valence-corrected chi connectivity index (χ2v) is 5.46. The van der Waals surface area contributed by atoms with E-state index in [0.29, 0.717) is 6.04 Å². The lowest BCUT2D eigenvalue weighted by Gasteiger charge is -2.28. The zero-order chi connectivity index (χ0) is 16.2. The number of carbonyl (C=O) groups excluding carboxylic acids is 1. The summed E-state index contributed by atoms with van der Waals surface area (Å²) < 4.78 is 42.9. The number of hydrogen-bond acceptors (Lipinski definition) is 3. The Morgan fingerprint density at radius 2 is 2.23 bits per heavy atom. The lowest BCUT2D eigenvalue weighted by Crippen LogP contribution is -2.47. The molecule has 1 amide bonds. The lowest BCUT2D eigenvalue weighted by molar-refractivity contribution is -0.137. The van der Waals surface area contributed by atoms with Crippen LogP contribution in [0.2, 0.25) is 0 Å². The fraction of sp³-hybridized carbons (Fsp3) is 0.533. The molecule has 4 nitrogen and oxygen atoms in total. The van der Waals surface area contributed by atoms with E-state index in [9.17, 15) is 18.0 Å². The summed E-state index contributed by atoms with van der Waals surface area (Å²) in [6, 6.07) is 4.92. The monoisotopic (exact) mass is 316 g/mol. The van der Waals surface area contributed by atoms with Gasteiger partial charge in [-0.1, -0.05) is 6.07 Å². The molecule has 2 rings (SSSR count). The van der Waals surface area contributed by atoms with Crippen molar-refractivity contribution in [3.63, 3.8) is 0 Å². The van der Waals surface area contributed by atoms with Crippen LogP contribution in [0.4, 0.5) is 13.2 Å². The molecule has 0 bridgehead atoms. The molecule has 7 heteroatoms. The minimum absolute atomic E-state index is 0.0312. The molecule has 1 aromatic carbocycles. The molecule has 1 fully saturated rings. The fourth-order valence-corrected chi connectivity index (χ4v) is 2.44. The van der Waals surface area contributed by atoms with Crippen molar-refractivity contribution < 1.29 is 22.7 Å². The predicted molar refractivity (Wildman–Crippen MR) is 75.6 cm³/mol. The van der Waals surface area contributed by atoms with E-state index < -0.39 is 11.7 Å².